The van der Waals surface area contributed by atoms with Crippen molar-refractivity contribution in [1.29, 1.82) is 0 Å². The highest BCUT2D eigenvalue weighted by atomic mass is 14.9. The van der Waals surface area contributed by atoms with Crippen LogP contribution >= 0.6 is 0 Å². The highest BCUT2D eigenvalue weighted by molar-refractivity contribution is 5.87. The molecule has 0 N–H and O–H groups in total. The Morgan fingerprint density at radius 3 is 1.65 bits per heavy atom. The van der Waals surface area contributed by atoms with E-state index < -0.39 is 0 Å². The number of allylic oxidation sites excluding steroid dienone is 3. The predicted molar refractivity (Wildman–Crippen MR) is 207 cm³/mol. The van der Waals surface area contributed by atoms with Gasteiger partial charge in [0.15, 0.2) is 5.82 Å². The number of hydrogen-bond acceptors (Lipinski definition) is 2. The van der Waals surface area contributed by atoms with Crippen LogP contribution in [0, 0.1) is 0 Å². The lowest BCUT2D eigenvalue weighted by Crippen LogP contribution is -2.13. The monoisotopic (exact) mass is 630 g/mol. The maximum atomic E-state index is 5.27. The van der Waals surface area contributed by atoms with Crippen molar-refractivity contribution in [3.8, 4) is 56.2 Å². The Morgan fingerprint density at radius 1 is 0.490 bits per heavy atom. The molecule has 0 amide bonds. The molecular formula is C47H38N2. The van der Waals surface area contributed by atoms with Crippen LogP contribution in [0.3, 0.4) is 0 Å². The molecular weight excluding hydrogens is 593 g/mol. The maximum absolute atomic E-state index is 5.27. The van der Waals surface area contributed by atoms with Gasteiger partial charge < -0.3 is 0 Å². The first kappa shape index (κ1) is 31.5. The number of aromatic nitrogens is 2. The van der Waals surface area contributed by atoms with Gasteiger partial charge in [-0.2, -0.15) is 0 Å². The summed E-state index contributed by atoms with van der Waals surface area (Å²) in [6.07, 6.45) is 4.38. The van der Waals surface area contributed by atoms with Crippen LogP contribution < -0.4 is 0 Å². The van der Waals surface area contributed by atoms with Crippen molar-refractivity contribution in [2.45, 2.75) is 19.3 Å². The molecule has 49 heavy (non-hydrogen) atoms. The van der Waals surface area contributed by atoms with Gasteiger partial charge in [0.05, 0.1) is 11.4 Å². The van der Waals surface area contributed by atoms with Gasteiger partial charge in [-0.05, 0) is 45.0 Å². The number of hydrogen-bond donors (Lipinski definition) is 0. The molecule has 0 saturated heterocycles. The Kier molecular flexibility index (Phi) is 8.95. The summed E-state index contributed by atoms with van der Waals surface area (Å²) in [5, 5.41) is 0. The second-order valence-corrected chi connectivity index (χ2v) is 12.8. The summed E-state index contributed by atoms with van der Waals surface area (Å²) in [5.41, 5.74) is 12.4. The molecule has 0 aliphatic rings. The van der Waals surface area contributed by atoms with E-state index >= 15 is 0 Å². The van der Waals surface area contributed by atoms with Crippen molar-refractivity contribution >= 4 is 5.57 Å². The third-order valence-electron chi connectivity index (χ3n) is 9.03. The molecule has 236 valence electrons. The average molecular weight is 631 g/mol. The van der Waals surface area contributed by atoms with E-state index in [2.05, 4.69) is 178 Å². The minimum Gasteiger partial charge on any atom is -0.228 e. The first-order valence-corrected chi connectivity index (χ1v) is 16.7. The Morgan fingerprint density at radius 2 is 0.980 bits per heavy atom. The SMILES string of the molecule is C=C(/C=C\C(C)(C)c1ccccc1)c1ccccc1-c1cc(-c2ccccc2)nc(-c2ccccc2-c2ccc(-c3ccccc3)cc2)n1. The van der Waals surface area contributed by atoms with Gasteiger partial charge in [-0.15, -0.1) is 0 Å². The van der Waals surface area contributed by atoms with Crippen LogP contribution in [0.25, 0.3) is 61.7 Å². The molecule has 1 heterocycles. The molecule has 2 nitrogen and oxygen atoms in total. The number of benzene rings is 6. The molecule has 7 aromatic rings. The fourth-order valence-corrected chi connectivity index (χ4v) is 6.21. The summed E-state index contributed by atoms with van der Waals surface area (Å²) < 4.78 is 0. The summed E-state index contributed by atoms with van der Waals surface area (Å²) in [6, 6.07) is 59.0. The van der Waals surface area contributed by atoms with Gasteiger partial charge in [0.2, 0.25) is 0 Å². The molecule has 1 aromatic heterocycles. The summed E-state index contributed by atoms with van der Waals surface area (Å²) in [5.74, 6) is 0.681. The van der Waals surface area contributed by atoms with Gasteiger partial charge in [-0.3, -0.25) is 0 Å². The van der Waals surface area contributed by atoms with Crippen LogP contribution in [-0.2, 0) is 5.41 Å². The van der Waals surface area contributed by atoms with Crippen LogP contribution in [0.1, 0.15) is 25.0 Å². The molecule has 0 aliphatic carbocycles. The van der Waals surface area contributed by atoms with Crippen molar-refractivity contribution in [1.82, 2.24) is 9.97 Å². The van der Waals surface area contributed by atoms with Gasteiger partial charge in [-0.25, -0.2) is 9.97 Å². The second-order valence-electron chi connectivity index (χ2n) is 12.8. The number of nitrogens with zero attached hydrogens (tertiary/aromatic N) is 2. The predicted octanol–water partition coefficient (Wildman–Crippen LogP) is 12.4. The standard InChI is InChI=1S/C47H38N2/c1-34(31-32-47(2,3)39-21-11-6-12-22-39)40-23-13-15-25-42(40)45-33-44(38-19-9-5-10-20-38)48-46(49-45)43-26-16-14-24-41(43)37-29-27-36(28-30-37)35-17-7-4-8-18-35/h4-33H,1H2,2-3H3/b32-31-. The van der Waals surface area contributed by atoms with E-state index in [-0.39, 0.29) is 5.41 Å². The Hall–Kier alpha value is -6.12. The molecule has 0 fully saturated rings. The summed E-state index contributed by atoms with van der Waals surface area (Å²) in [6.45, 7) is 8.98. The third kappa shape index (κ3) is 6.95. The maximum Gasteiger partial charge on any atom is 0.161 e. The van der Waals surface area contributed by atoms with Gasteiger partial charge >= 0.3 is 0 Å². The van der Waals surface area contributed by atoms with Crippen LogP contribution in [0.4, 0.5) is 0 Å². The molecule has 0 atom stereocenters. The molecule has 0 aliphatic heterocycles. The normalized spacial score (nSPS) is 11.5. The van der Waals surface area contributed by atoms with Crippen LogP contribution in [0.5, 0.6) is 0 Å². The molecule has 0 bridgehead atoms. The Bertz CT molecular complexity index is 2230. The van der Waals surface area contributed by atoms with E-state index in [9.17, 15) is 0 Å². The lowest BCUT2D eigenvalue weighted by molar-refractivity contribution is 0.670. The first-order chi connectivity index (χ1) is 24.0. The zero-order chi connectivity index (χ0) is 33.6. The highest BCUT2D eigenvalue weighted by Gasteiger charge is 2.18. The van der Waals surface area contributed by atoms with Crippen LogP contribution in [0.2, 0.25) is 0 Å². The van der Waals surface area contributed by atoms with E-state index in [4.69, 9.17) is 9.97 Å². The van der Waals surface area contributed by atoms with E-state index in [0.29, 0.717) is 5.82 Å². The molecule has 0 radical (unpaired) electrons. The Balaban J connectivity index is 1.31. The third-order valence-corrected chi connectivity index (χ3v) is 9.03. The molecule has 0 saturated carbocycles. The largest absolute Gasteiger partial charge is 0.228 e. The minimum atomic E-state index is -0.148. The van der Waals surface area contributed by atoms with E-state index in [1.54, 1.807) is 0 Å². The minimum absolute atomic E-state index is 0.148. The van der Waals surface area contributed by atoms with E-state index in [1.807, 2.05) is 24.3 Å². The summed E-state index contributed by atoms with van der Waals surface area (Å²) in [7, 11) is 0. The molecule has 6 aromatic carbocycles. The molecule has 7 rings (SSSR count). The topological polar surface area (TPSA) is 25.8 Å². The Labute approximate surface area is 289 Å². The molecule has 0 spiro atoms. The molecule has 2 heteroatoms. The lowest BCUT2D eigenvalue weighted by atomic mass is 9.83. The van der Waals surface area contributed by atoms with Gasteiger partial charge in [0.1, 0.15) is 0 Å². The van der Waals surface area contributed by atoms with E-state index in [0.717, 1.165) is 50.3 Å². The second kappa shape index (κ2) is 13.9. The zero-order valence-corrected chi connectivity index (χ0v) is 27.9. The smallest absolute Gasteiger partial charge is 0.161 e. The van der Waals surface area contributed by atoms with Gasteiger partial charge in [-0.1, -0.05) is 196 Å². The fourth-order valence-electron chi connectivity index (χ4n) is 6.21. The fraction of sp³-hybridized carbons (Fsp3) is 0.0638. The van der Waals surface area contributed by atoms with Crippen molar-refractivity contribution < 1.29 is 0 Å². The lowest BCUT2D eigenvalue weighted by Gasteiger charge is -2.21. The van der Waals surface area contributed by atoms with Gasteiger partial charge in [0.25, 0.3) is 0 Å². The summed E-state index contributed by atoms with van der Waals surface area (Å²) in [4.78, 5) is 10.5. The number of rotatable bonds is 9. The van der Waals surface area contributed by atoms with E-state index in [1.165, 1.54) is 16.7 Å². The average Bonchev–Trinajstić information content (AvgIpc) is 3.18. The van der Waals surface area contributed by atoms with Crippen molar-refractivity contribution in [3.05, 3.63) is 200 Å². The summed E-state index contributed by atoms with van der Waals surface area (Å²) >= 11 is 0. The van der Waals surface area contributed by atoms with Crippen LogP contribution in [0.15, 0.2) is 189 Å². The first-order valence-electron chi connectivity index (χ1n) is 16.7. The van der Waals surface area contributed by atoms with Crippen molar-refractivity contribution in [3.63, 3.8) is 0 Å². The van der Waals surface area contributed by atoms with Gasteiger partial charge in [0, 0.05) is 22.1 Å². The van der Waals surface area contributed by atoms with Crippen molar-refractivity contribution in [2.24, 2.45) is 0 Å². The highest BCUT2D eigenvalue weighted by Crippen LogP contribution is 2.36. The zero-order valence-electron chi connectivity index (χ0n) is 27.9. The van der Waals surface area contributed by atoms with Crippen LogP contribution in [-0.4, -0.2) is 9.97 Å². The molecule has 0 unspecified atom stereocenters. The van der Waals surface area contributed by atoms with Crippen molar-refractivity contribution in [2.75, 3.05) is 0 Å². The quantitative estimate of drug-likeness (QED) is 0.148.